The van der Waals surface area contributed by atoms with Crippen LogP contribution in [-0.2, 0) is 0 Å². The number of hydrogen-bond acceptors (Lipinski definition) is 1. The quantitative estimate of drug-likeness (QED) is 0.704. The highest BCUT2D eigenvalue weighted by Crippen LogP contribution is 2.18. The van der Waals surface area contributed by atoms with Crippen molar-refractivity contribution >= 4 is 6.03 Å². The van der Waals surface area contributed by atoms with Crippen LogP contribution in [0.4, 0.5) is 18.0 Å². The molecule has 0 atom stereocenters. The van der Waals surface area contributed by atoms with Crippen LogP contribution in [0.2, 0.25) is 0 Å². The van der Waals surface area contributed by atoms with Gasteiger partial charge in [0, 0.05) is 19.6 Å². The summed E-state index contributed by atoms with van der Waals surface area (Å²) in [6.07, 6.45) is -2.55. The van der Waals surface area contributed by atoms with Gasteiger partial charge in [-0.3, -0.25) is 0 Å². The van der Waals surface area contributed by atoms with E-state index < -0.39 is 18.8 Å². The molecular formula is C9H15F3N2O. The fourth-order valence-corrected chi connectivity index (χ4v) is 1.64. The summed E-state index contributed by atoms with van der Waals surface area (Å²) in [6, 6.07) is -0.493. The fraction of sp³-hybridized carbons (Fsp3) is 0.889. The van der Waals surface area contributed by atoms with Gasteiger partial charge in [0.2, 0.25) is 0 Å². The van der Waals surface area contributed by atoms with E-state index in [0.717, 1.165) is 17.7 Å². The first-order chi connectivity index (χ1) is 6.94. The Morgan fingerprint density at radius 2 is 1.87 bits per heavy atom. The molecule has 1 heterocycles. The summed E-state index contributed by atoms with van der Waals surface area (Å²) in [5.41, 5.74) is 0. The molecule has 2 amide bonds. The molecule has 1 aliphatic rings. The number of carbonyl (C=O) groups is 1. The molecule has 3 nitrogen and oxygen atoms in total. The minimum absolute atomic E-state index is 0.0921. The maximum absolute atomic E-state index is 12.1. The SMILES string of the molecule is CCN(CC(F)(F)F)C(=O)N1CCCC1. The Balaban J connectivity index is 2.53. The molecule has 88 valence electrons. The van der Waals surface area contributed by atoms with Crippen molar-refractivity contribution in [3.8, 4) is 0 Å². The van der Waals surface area contributed by atoms with Gasteiger partial charge in [-0.25, -0.2) is 4.79 Å². The van der Waals surface area contributed by atoms with E-state index in [1.54, 1.807) is 6.92 Å². The summed E-state index contributed by atoms with van der Waals surface area (Å²) < 4.78 is 36.4. The van der Waals surface area contributed by atoms with Gasteiger partial charge in [-0.1, -0.05) is 0 Å². The first kappa shape index (κ1) is 12.1. The average molecular weight is 224 g/mol. The van der Waals surface area contributed by atoms with Crippen LogP contribution in [-0.4, -0.2) is 48.2 Å². The number of rotatable bonds is 2. The van der Waals surface area contributed by atoms with E-state index in [1.165, 1.54) is 4.90 Å². The van der Waals surface area contributed by atoms with Crippen molar-refractivity contribution in [2.24, 2.45) is 0 Å². The summed E-state index contributed by atoms with van der Waals surface area (Å²) in [5.74, 6) is 0. The first-order valence-corrected chi connectivity index (χ1v) is 5.04. The van der Waals surface area contributed by atoms with Crippen LogP contribution < -0.4 is 0 Å². The number of urea groups is 1. The van der Waals surface area contributed by atoms with Gasteiger partial charge in [-0.15, -0.1) is 0 Å². The lowest BCUT2D eigenvalue weighted by Gasteiger charge is -2.27. The Morgan fingerprint density at radius 1 is 1.33 bits per heavy atom. The van der Waals surface area contributed by atoms with Crippen LogP contribution in [0, 0.1) is 0 Å². The minimum atomic E-state index is -4.31. The van der Waals surface area contributed by atoms with E-state index in [9.17, 15) is 18.0 Å². The van der Waals surface area contributed by atoms with Crippen LogP contribution in [0.1, 0.15) is 19.8 Å². The molecule has 0 radical (unpaired) electrons. The molecule has 0 N–H and O–H groups in total. The van der Waals surface area contributed by atoms with E-state index in [4.69, 9.17) is 0 Å². The van der Waals surface area contributed by atoms with Crippen molar-refractivity contribution < 1.29 is 18.0 Å². The van der Waals surface area contributed by atoms with E-state index in [2.05, 4.69) is 0 Å². The Labute approximate surface area is 86.8 Å². The summed E-state index contributed by atoms with van der Waals surface area (Å²) in [4.78, 5) is 13.9. The summed E-state index contributed by atoms with van der Waals surface area (Å²) >= 11 is 0. The lowest BCUT2D eigenvalue weighted by Crippen LogP contribution is -2.45. The van der Waals surface area contributed by atoms with Crippen LogP contribution in [0.5, 0.6) is 0 Å². The number of alkyl halides is 3. The maximum Gasteiger partial charge on any atom is 0.406 e. The maximum atomic E-state index is 12.1. The molecule has 0 bridgehead atoms. The zero-order valence-electron chi connectivity index (χ0n) is 8.68. The van der Waals surface area contributed by atoms with Crippen molar-refractivity contribution in [2.75, 3.05) is 26.2 Å². The van der Waals surface area contributed by atoms with Crippen LogP contribution >= 0.6 is 0 Å². The van der Waals surface area contributed by atoms with Gasteiger partial charge >= 0.3 is 12.2 Å². The van der Waals surface area contributed by atoms with Crippen molar-refractivity contribution in [1.29, 1.82) is 0 Å². The zero-order chi connectivity index (χ0) is 11.5. The molecule has 1 fully saturated rings. The average Bonchev–Trinajstić information content (AvgIpc) is 2.64. The first-order valence-electron chi connectivity index (χ1n) is 5.04. The fourth-order valence-electron chi connectivity index (χ4n) is 1.64. The smallest absolute Gasteiger partial charge is 0.325 e. The van der Waals surface area contributed by atoms with Crippen LogP contribution in [0.15, 0.2) is 0 Å². The van der Waals surface area contributed by atoms with E-state index in [0.29, 0.717) is 13.1 Å². The zero-order valence-corrected chi connectivity index (χ0v) is 8.68. The predicted molar refractivity (Wildman–Crippen MR) is 49.5 cm³/mol. The van der Waals surface area contributed by atoms with Crippen molar-refractivity contribution in [2.45, 2.75) is 25.9 Å². The normalized spacial score (nSPS) is 16.9. The molecule has 0 unspecified atom stereocenters. The molecular weight excluding hydrogens is 209 g/mol. The lowest BCUT2D eigenvalue weighted by molar-refractivity contribution is -0.140. The molecule has 1 aliphatic heterocycles. The topological polar surface area (TPSA) is 23.6 Å². The standard InChI is InChI=1S/C9H15F3N2O/c1-2-13(7-9(10,11)12)8(15)14-5-3-4-6-14/h2-7H2,1H3. The van der Waals surface area contributed by atoms with Crippen molar-refractivity contribution in [1.82, 2.24) is 9.80 Å². The summed E-state index contributed by atoms with van der Waals surface area (Å²) in [7, 11) is 0. The third-order valence-corrected chi connectivity index (χ3v) is 2.40. The Kier molecular flexibility index (Phi) is 3.82. The molecule has 0 aliphatic carbocycles. The molecule has 1 saturated heterocycles. The Morgan fingerprint density at radius 3 is 2.27 bits per heavy atom. The molecule has 0 saturated carbocycles. The Bertz CT molecular complexity index is 224. The number of halogens is 3. The largest absolute Gasteiger partial charge is 0.406 e. The van der Waals surface area contributed by atoms with Gasteiger partial charge in [0.25, 0.3) is 0 Å². The molecule has 1 rings (SSSR count). The second-order valence-corrected chi connectivity index (χ2v) is 3.61. The van der Waals surface area contributed by atoms with Crippen LogP contribution in [0.25, 0.3) is 0 Å². The summed E-state index contributed by atoms with van der Waals surface area (Å²) in [5, 5.41) is 0. The minimum Gasteiger partial charge on any atom is -0.325 e. The monoisotopic (exact) mass is 224 g/mol. The summed E-state index contributed by atoms with van der Waals surface area (Å²) in [6.45, 7) is 1.65. The second-order valence-electron chi connectivity index (χ2n) is 3.61. The highest BCUT2D eigenvalue weighted by molar-refractivity contribution is 5.74. The third kappa shape index (κ3) is 3.60. The molecule has 15 heavy (non-hydrogen) atoms. The number of carbonyl (C=O) groups excluding carboxylic acids is 1. The highest BCUT2D eigenvalue weighted by atomic mass is 19.4. The van der Waals surface area contributed by atoms with Crippen molar-refractivity contribution in [3.63, 3.8) is 0 Å². The number of hydrogen-bond donors (Lipinski definition) is 0. The Hall–Kier alpha value is -0.940. The molecule has 0 spiro atoms. The van der Waals surface area contributed by atoms with Crippen molar-refractivity contribution in [3.05, 3.63) is 0 Å². The number of nitrogens with zero attached hydrogens (tertiary/aromatic N) is 2. The molecule has 0 aromatic rings. The number of likely N-dealkylation sites (tertiary alicyclic amines) is 1. The molecule has 0 aromatic heterocycles. The predicted octanol–water partition coefficient (Wildman–Crippen LogP) is 2.09. The number of amides is 2. The van der Waals surface area contributed by atoms with E-state index in [-0.39, 0.29) is 6.54 Å². The van der Waals surface area contributed by atoms with Crippen LogP contribution in [0.3, 0.4) is 0 Å². The van der Waals surface area contributed by atoms with Gasteiger partial charge in [-0.2, -0.15) is 13.2 Å². The van der Waals surface area contributed by atoms with Gasteiger partial charge in [0.1, 0.15) is 6.54 Å². The lowest BCUT2D eigenvalue weighted by atomic mass is 10.4. The molecule has 6 heteroatoms. The second kappa shape index (κ2) is 4.72. The third-order valence-electron chi connectivity index (χ3n) is 2.40. The van der Waals surface area contributed by atoms with Gasteiger partial charge in [-0.05, 0) is 19.8 Å². The highest BCUT2D eigenvalue weighted by Gasteiger charge is 2.34. The van der Waals surface area contributed by atoms with Gasteiger partial charge < -0.3 is 9.80 Å². The van der Waals surface area contributed by atoms with E-state index >= 15 is 0 Å². The van der Waals surface area contributed by atoms with E-state index in [1.807, 2.05) is 0 Å². The van der Waals surface area contributed by atoms with Gasteiger partial charge in [0.15, 0.2) is 0 Å². The molecule has 0 aromatic carbocycles. The van der Waals surface area contributed by atoms with Gasteiger partial charge in [0.05, 0.1) is 0 Å².